The molecule has 3 heterocycles. The SMILES string of the molecule is Cc1nc(OC(C)CC(N)=O)nc(C)c1C(=O)N1CC2CN(c3cccc(CCC(N)=O)c3)CC2C1. The van der Waals surface area contributed by atoms with Crippen molar-refractivity contribution in [2.75, 3.05) is 31.1 Å². The minimum Gasteiger partial charge on any atom is -0.460 e. The average molecular weight is 495 g/mol. The highest BCUT2D eigenvalue weighted by molar-refractivity contribution is 5.96. The lowest BCUT2D eigenvalue weighted by molar-refractivity contribution is -0.119. The van der Waals surface area contributed by atoms with Crippen LogP contribution < -0.4 is 21.1 Å². The van der Waals surface area contributed by atoms with Crippen molar-refractivity contribution in [2.24, 2.45) is 23.3 Å². The predicted molar refractivity (Wildman–Crippen MR) is 134 cm³/mol. The van der Waals surface area contributed by atoms with E-state index in [9.17, 15) is 14.4 Å². The molecule has 2 aliphatic rings. The van der Waals surface area contributed by atoms with Crippen LogP contribution >= 0.6 is 0 Å². The van der Waals surface area contributed by atoms with E-state index in [4.69, 9.17) is 16.2 Å². The molecule has 3 unspecified atom stereocenters. The van der Waals surface area contributed by atoms with Gasteiger partial charge < -0.3 is 26.0 Å². The van der Waals surface area contributed by atoms with Gasteiger partial charge in [-0.25, -0.2) is 0 Å². The number of aromatic nitrogens is 2. The number of rotatable bonds is 9. The highest BCUT2D eigenvalue weighted by Gasteiger charge is 2.42. The number of hydrogen-bond donors (Lipinski definition) is 2. The van der Waals surface area contributed by atoms with Crippen LogP contribution in [-0.4, -0.2) is 64.9 Å². The number of fused-ring (bicyclic) bond motifs is 1. The molecule has 2 aliphatic heterocycles. The first-order chi connectivity index (χ1) is 17.1. The number of amides is 3. The summed E-state index contributed by atoms with van der Waals surface area (Å²) >= 11 is 0. The zero-order chi connectivity index (χ0) is 26.0. The maximum atomic E-state index is 13.4. The van der Waals surface area contributed by atoms with E-state index in [1.54, 1.807) is 20.8 Å². The van der Waals surface area contributed by atoms with Gasteiger partial charge in [0.1, 0.15) is 6.10 Å². The van der Waals surface area contributed by atoms with E-state index in [0.29, 0.717) is 54.7 Å². The molecule has 2 aromatic rings. The molecule has 0 radical (unpaired) electrons. The molecule has 36 heavy (non-hydrogen) atoms. The van der Waals surface area contributed by atoms with Crippen molar-refractivity contribution in [1.82, 2.24) is 14.9 Å². The van der Waals surface area contributed by atoms with Gasteiger partial charge in [0.25, 0.3) is 5.91 Å². The molecule has 0 saturated carbocycles. The number of primary amides is 2. The van der Waals surface area contributed by atoms with Crippen molar-refractivity contribution in [2.45, 2.75) is 46.1 Å². The molecule has 3 atom stereocenters. The summed E-state index contributed by atoms with van der Waals surface area (Å²) in [6.45, 7) is 8.41. The Morgan fingerprint density at radius 2 is 1.67 bits per heavy atom. The van der Waals surface area contributed by atoms with E-state index in [1.807, 2.05) is 17.0 Å². The van der Waals surface area contributed by atoms with Gasteiger partial charge in [-0.3, -0.25) is 14.4 Å². The van der Waals surface area contributed by atoms with E-state index in [1.165, 1.54) is 0 Å². The van der Waals surface area contributed by atoms with Crippen molar-refractivity contribution < 1.29 is 19.1 Å². The van der Waals surface area contributed by atoms with Crippen LogP contribution in [0.15, 0.2) is 24.3 Å². The summed E-state index contributed by atoms with van der Waals surface area (Å²) in [5.74, 6) is -0.0339. The lowest BCUT2D eigenvalue weighted by Gasteiger charge is -2.24. The third kappa shape index (κ3) is 5.75. The van der Waals surface area contributed by atoms with Crippen LogP contribution in [0.4, 0.5) is 5.69 Å². The number of anilines is 1. The number of nitrogens with two attached hydrogens (primary N) is 2. The Morgan fingerprint density at radius 3 is 2.25 bits per heavy atom. The standard InChI is InChI=1S/C26H34N6O4/c1-15(9-23(28)34)36-26-29-16(2)24(17(3)30-26)25(35)32-13-19-11-31(12-20(19)14-32)21-6-4-5-18(10-21)7-8-22(27)33/h4-6,10,15,19-20H,7-9,11-14H2,1-3H3,(H2,27,33)(H2,28,34). The molecular formula is C26H34N6O4. The first-order valence-corrected chi connectivity index (χ1v) is 12.3. The smallest absolute Gasteiger partial charge is 0.317 e. The second-order valence-corrected chi connectivity index (χ2v) is 9.92. The minimum atomic E-state index is -0.461. The maximum absolute atomic E-state index is 13.4. The summed E-state index contributed by atoms with van der Waals surface area (Å²) < 4.78 is 5.62. The van der Waals surface area contributed by atoms with Crippen molar-refractivity contribution >= 4 is 23.4 Å². The maximum Gasteiger partial charge on any atom is 0.317 e. The fourth-order valence-corrected chi connectivity index (χ4v) is 5.26. The largest absolute Gasteiger partial charge is 0.460 e. The van der Waals surface area contributed by atoms with Crippen LogP contribution in [0.1, 0.15) is 47.1 Å². The minimum absolute atomic E-state index is 0.0591. The lowest BCUT2D eigenvalue weighted by atomic mass is 10.0. The Kier molecular flexibility index (Phi) is 7.42. The second-order valence-electron chi connectivity index (χ2n) is 9.92. The van der Waals surface area contributed by atoms with Gasteiger partial charge in [0.2, 0.25) is 11.8 Å². The molecule has 0 bridgehead atoms. The molecule has 10 heteroatoms. The Bertz CT molecular complexity index is 1130. The van der Waals surface area contributed by atoms with Gasteiger partial charge in [-0.15, -0.1) is 0 Å². The van der Waals surface area contributed by atoms with Gasteiger partial charge in [0.15, 0.2) is 0 Å². The zero-order valence-corrected chi connectivity index (χ0v) is 21.1. The second kappa shape index (κ2) is 10.5. The van der Waals surface area contributed by atoms with E-state index in [-0.39, 0.29) is 24.2 Å². The predicted octanol–water partition coefficient (Wildman–Crippen LogP) is 1.36. The number of carbonyl (C=O) groups is 3. The van der Waals surface area contributed by atoms with Gasteiger partial charge >= 0.3 is 6.01 Å². The molecule has 192 valence electrons. The number of nitrogens with zero attached hydrogens (tertiary/aromatic N) is 4. The summed E-state index contributed by atoms with van der Waals surface area (Å²) in [6, 6.07) is 8.40. The fourth-order valence-electron chi connectivity index (χ4n) is 5.26. The highest BCUT2D eigenvalue weighted by atomic mass is 16.5. The van der Waals surface area contributed by atoms with Crippen molar-refractivity contribution in [3.63, 3.8) is 0 Å². The quantitative estimate of drug-likeness (QED) is 0.535. The van der Waals surface area contributed by atoms with E-state index in [0.717, 1.165) is 24.3 Å². The molecule has 10 nitrogen and oxygen atoms in total. The van der Waals surface area contributed by atoms with Gasteiger partial charge in [-0.1, -0.05) is 12.1 Å². The van der Waals surface area contributed by atoms with Gasteiger partial charge in [0, 0.05) is 50.1 Å². The lowest BCUT2D eigenvalue weighted by Crippen LogP contribution is -2.34. The molecular weight excluding hydrogens is 460 g/mol. The molecule has 2 saturated heterocycles. The first kappa shape index (κ1) is 25.4. The number of aryl methyl sites for hydroxylation is 3. The number of hydrogen-bond acceptors (Lipinski definition) is 7. The topological polar surface area (TPSA) is 145 Å². The van der Waals surface area contributed by atoms with Crippen LogP contribution in [0, 0.1) is 25.7 Å². The number of carbonyl (C=O) groups excluding carboxylic acids is 3. The van der Waals surface area contributed by atoms with Crippen LogP contribution in [0.5, 0.6) is 6.01 Å². The van der Waals surface area contributed by atoms with E-state index < -0.39 is 12.0 Å². The fraction of sp³-hybridized carbons (Fsp3) is 0.500. The summed E-state index contributed by atoms with van der Waals surface area (Å²) in [5, 5.41) is 0. The number of ether oxygens (including phenoxy) is 1. The summed E-state index contributed by atoms with van der Waals surface area (Å²) in [4.78, 5) is 48.6. The molecule has 4 rings (SSSR count). The van der Waals surface area contributed by atoms with Crippen molar-refractivity contribution in [3.05, 3.63) is 46.8 Å². The van der Waals surface area contributed by atoms with Crippen LogP contribution in [-0.2, 0) is 16.0 Å². The Morgan fingerprint density at radius 1 is 1.03 bits per heavy atom. The van der Waals surface area contributed by atoms with Gasteiger partial charge in [-0.05, 0) is 44.9 Å². The Hall–Kier alpha value is -3.69. The summed E-state index contributed by atoms with van der Waals surface area (Å²) in [6.07, 6.45) is 0.592. The molecule has 4 N–H and O–H groups in total. The zero-order valence-electron chi connectivity index (χ0n) is 21.1. The molecule has 0 spiro atoms. The van der Waals surface area contributed by atoms with Crippen molar-refractivity contribution in [1.29, 1.82) is 0 Å². The first-order valence-electron chi connectivity index (χ1n) is 12.3. The molecule has 0 aliphatic carbocycles. The number of likely N-dealkylation sites (tertiary alicyclic amines) is 1. The normalized spacial score (nSPS) is 19.8. The highest BCUT2D eigenvalue weighted by Crippen LogP contribution is 2.35. The Balaban J connectivity index is 1.38. The van der Waals surface area contributed by atoms with Gasteiger partial charge in [-0.2, -0.15) is 9.97 Å². The third-order valence-electron chi connectivity index (χ3n) is 6.97. The number of benzene rings is 1. The van der Waals surface area contributed by atoms with Crippen LogP contribution in [0.3, 0.4) is 0 Å². The monoisotopic (exact) mass is 494 g/mol. The molecule has 1 aromatic heterocycles. The molecule has 3 amide bonds. The molecule has 2 fully saturated rings. The van der Waals surface area contributed by atoms with Crippen molar-refractivity contribution in [3.8, 4) is 6.01 Å². The Labute approximate surface area is 211 Å². The van der Waals surface area contributed by atoms with Gasteiger partial charge in [0.05, 0.1) is 23.4 Å². The van der Waals surface area contributed by atoms with E-state index >= 15 is 0 Å². The van der Waals surface area contributed by atoms with Crippen LogP contribution in [0.25, 0.3) is 0 Å². The average Bonchev–Trinajstić information content (AvgIpc) is 3.36. The molecule has 1 aromatic carbocycles. The third-order valence-corrected chi connectivity index (χ3v) is 6.97. The summed E-state index contributed by atoms with van der Waals surface area (Å²) in [5.41, 5.74) is 14.4. The van der Waals surface area contributed by atoms with Crippen LogP contribution in [0.2, 0.25) is 0 Å². The van der Waals surface area contributed by atoms with E-state index in [2.05, 4.69) is 27.0 Å². The summed E-state index contributed by atoms with van der Waals surface area (Å²) in [7, 11) is 0.